The topological polar surface area (TPSA) is 47.3 Å². The second kappa shape index (κ2) is 7.02. The van der Waals surface area contributed by atoms with Crippen LogP contribution in [0.5, 0.6) is 5.75 Å². The van der Waals surface area contributed by atoms with Gasteiger partial charge in [0, 0.05) is 10.0 Å². The van der Waals surface area contributed by atoms with Crippen LogP contribution in [0.15, 0.2) is 46.9 Å². The number of ether oxygens (including phenoxy) is 1. The molecule has 0 fully saturated rings. The van der Waals surface area contributed by atoms with E-state index in [0.29, 0.717) is 10.0 Å². The van der Waals surface area contributed by atoms with E-state index in [2.05, 4.69) is 21.4 Å². The van der Waals surface area contributed by atoms with Gasteiger partial charge < -0.3 is 4.74 Å². The van der Waals surface area contributed by atoms with E-state index >= 15 is 0 Å². The first kappa shape index (κ1) is 15.9. The Morgan fingerprint density at radius 2 is 1.90 bits per heavy atom. The van der Waals surface area contributed by atoms with E-state index in [-0.39, 0.29) is 11.9 Å². The molecule has 0 aromatic heterocycles. The molecule has 2 rings (SSSR count). The molecule has 5 heteroatoms. The lowest BCUT2D eigenvalue weighted by atomic mass is 9.98. The highest BCUT2D eigenvalue weighted by Crippen LogP contribution is 2.31. The van der Waals surface area contributed by atoms with Gasteiger partial charge in [-0.15, -0.1) is 0 Å². The van der Waals surface area contributed by atoms with Crippen LogP contribution in [0.25, 0.3) is 0 Å². The molecular formula is C16H18BrFN2O. The third-order valence-electron chi connectivity index (χ3n) is 3.02. The Hall–Kier alpha value is -1.43. The lowest BCUT2D eigenvalue weighted by molar-refractivity contribution is 0.242. The van der Waals surface area contributed by atoms with Crippen LogP contribution in [0.3, 0.4) is 0 Å². The predicted octanol–water partition coefficient (Wildman–Crippen LogP) is 3.93. The van der Waals surface area contributed by atoms with E-state index in [0.717, 1.165) is 11.3 Å². The van der Waals surface area contributed by atoms with Gasteiger partial charge in [-0.05, 0) is 43.7 Å². The number of hydrazine groups is 1. The molecule has 1 unspecified atom stereocenters. The lowest BCUT2D eigenvalue weighted by Gasteiger charge is -2.20. The van der Waals surface area contributed by atoms with E-state index in [1.165, 1.54) is 6.07 Å². The molecule has 0 saturated heterocycles. The second-order valence-electron chi connectivity index (χ2n) is 4.97. The quantitative estimate of drug-likeness (QED) is 0.633. The molecule has 3 nitrogen and oxygen atoms in total. The van der Waals surface area contributed by atoms with Gasteiger partial charge in [0.15, 0.2) is 0 Å². The molecular weight excluding hydrogens is 335 g/mol. The number of hydrogen-bond donors (Lipinski definition) is 2. The minimum atomic E-state index is -0.462. The molecule has 0 amide bonds. The van der Waals surface area contributed by atoms with Gasteiger partial charge in [-0.25, -0.2) is 9.82 Å². The summed E-state index contributed by atoms with van der Waals surface area (Å²) < 4.78 is 20.5. The summed E-state index contributed by atoms with van der Waals surface area (Å²) >= 11 is 3.38. The second-order valence-corrected chi connectivity index (χ2v) is 5.83. The van der Waals surface area contributed by atoms with Crippen LogP contribution in [0, 0.1) is 5.82 Å². The molecule has 2 aromatic carbocycles. The smallest absolute Gasteiger partial charge is 0.129 e. The average molecular weight is 353 g/mol. The highest BCUT2D eigenvalue weighted by atomic mass is 79.9. The minimum absolute atomic E-state index is 0.0738. The summed E-state index contributed by atoms with van der Waals surface area (Å²) in [6.45, 7) is 3.91. The molecule has 1 atom stereocenters. The Morgan fingerprint density at radius 3 is 2.52 bits per heavy atom. The van der Waals surface area contributed by atoms with Crippen molar-refractivity contribution in [3.8, 4) is 5.75 Å². The summed E-state index contributed by atoms with van der Waals surface area (Å²) in [5, 5.41) is 0. The Kier molecular flexibility index (Phi) is 5.33. The first-order valence-electron chi connectivity index (χ1n) is 6.69. The molecule has 21 heavy (non-hydrogen) atoms. The summed E-state index contributed by atoms with van der Waals surface area (Å²) in [6, 6.07) is 11.9. The van der Waals surface area contributed by atoms with Crippen molar-refractivity contribution in [1.29, 1.82) is 0 Å². The third-order valence-corrected chi connectivity index (χ3v) is 3.71. The van der Waals surface area contributed by atoms with Crippen molar-refractivity contribution in [3.05, 3.63) is 63.9 Å². The Balaban J connectivity index is 2.42. The number of halogens is 2. The van der Waals surface area contributed by atoms with Gasteiger partial charge >= 0.3 is 0 Å². The fourth-order valence-corrected chi connectivity index (χ4v) is 2.74. The first-order chi connectivity index (χ1) is 10.0. The maximum Gasteiger partial charge on any atom is 0.129 e. The van der Waals surface area contributed by atoms with Gasteiger partial charge in [-0.2, -0.15) is 0 Å². The maximum absolute atomic E-state index is 14.1. The zero-order chi connectivity index (χ0) is 15.4. The predicted molar refractivity (Wildman–Crippen MR) is 85.5 cm³/mol. The van der Waals surface area contributed by atoms with Crippen molar-refractivity contribution < 1.29 is 9.13 Å². The molecule has 112 valence electrons. The zero-order valence-electron chi connectivity index (χ0n) is 11.9. The van der Waals surface area contributed by atoms with E-state index in [4.69, 9.17) is 10.6 Å². The highest BCUT2D eigenvalue weighted by Gasteiger charge is 2.20. The number of rotatable bonds is 5. The van der Waals surface area contributed by atoms with Crippen molar-refractivity contribution in [2.24, 2.45) is 5.84 Å². The maximum atomic E-state index is 14.1. The monoisotopic (exact) mass is 352 g/mol. The number of hydrogen-bond acceptors (Lipinski definition) is 3. The molecule has 0 aliphatic carbocycles. The molecule has 3 N–H and O–H groups in total. The van der Waals surface area contributed by atoms with E-state index in [1.807, 2.05) is 38.1 Å². The summed E-state index contributed by atoms with van der Waals surface area (Å²) in [5.74, 6) is 6.06. The largest absolute Gasteiger partial charge is 0.491 e. The standard InChI is InChI=1S/C16H18BrFN2O/c1-10(2)21-12-6-3-5-11(9-12)16(20-19)15-13(17)7-4-8-14(15)18/h3-10,16,20H,19H2,1-2H3. The van der Waals surface area contributed by atoms with Crippen LogP contribution in [0.2, 0.25) is 0 Å². The van der Waals surface area contributed by atoms with Crippen LogP contribution < -0.4 is 16.0 Å². The minimum Gasteiger partial charge on any atom is -0.491 e. The molecule has 0 aliphatic heterocycles. The fraction of sp³-hybridized carbons (Fsp3) is 0.250. The Labute approximate surface area is 132 Å². The molecule has 2 aromatic rings. The van der Waals surface area contributed by atoms with Crippen LogP contribution in [-0.4, -0.2) is 6.10 Å². The van der Waals surface area contributed by atoms with Gasteiger partial charge in [0.25, 0.3) is 0 Å². The van der Waals surface area contributed by atoms with Crippen molar-refractivity contribution in [2.45, 2.75) is 26.0 Å². The van der Waals surface area contributed by atoms with Crippen molar-refractivity contribution in [3.63, 3.8) is 0 Å². The number of nitrogens with one attached hydrogen (secondary N) is 1. The van der Waals surface area contributed by atoms with Crippen LogP contribution in [0.4, 0.5) is 4.39 Å². The zero-order valence-corrected chi connectivity index (χ0v) is 13.5. The fourth-order valence-electron chi connectivity index (χ4n) is 2.17. The molecule has 0 saturated carbocycles. The average Bonchev–Trinajstić information content (AvgIpc) is 2.42. The van der Waals surface area contributed by atoms with Crippen LogP contribution in [-0.2, 0) is 0 Å². The molecule has 0 radical (unpaired) electrons. The normalized spacial score (nSPS) is 12.5. The van der Waals surface area contributed by atoms with Gasteiger partial charge in [-0.3, -0.25) is 5.84 Å². The summed E-state index contributed by atoms with van der Waals surface area (Å²) in [4.78, 5) is 0. The molecule has 0 spiro atoms. The van der Waals surface area contributed by atoms with Crippen molar-refractivity contribution in [2.75, 3.05) is 0 Å². The summed E-state index contributed by atoms with van der Waals surface area (Å²) in [5.41, 5.74) is 3.98. The lowest BCUT2D eigenvalue weighted by Crippen LogP contribution is -2.29. The van der Waals surface area contributed by atoms with Gasteiger partial charge in [0.2, 0.25) is 0 Å². The van der Waals surface area contributed by atoms with Gasteiger partial charge in [0.05, 0.1) is 12.1 Å². The molecule has 0 heterocycles. The Bertz CT molecular complexity index is 599. The van der Waals surface area contributed by atoms with E-state index in [1.54, 1.807) is 12.1 Å². The van der Waals surface area contributed by atoms with Crippen LogP contribution in [0.1, 0.15) is 31.0 Å². The van der Waals surface area contributed by atoms with Gasteiger partial charge in [-0.1, -0.05) is 34.1 Å². The van der Waals surface area contributed by atoms with E-state index in [9.17, 15) is 4.39 Å². The van der Waals surface area contributed by atoms with Crippen LogP contribution >= 0.6 is 15.9 Å². The third kappa shape index (κ3) is 3.81. The summed E-state index contributed by atoms with van der Waals surface area (Å²) in [7, 11) is 0. The van der Waals surface area contributed by atoms with Gasteiger partial charge in [0.1, 0.15) is 11.6 Å². The number of nitrogens with two attached hydrogens (primary N) is 1. The molecule has 0 aliphatic rings. The van der Waals surface area contributed by atoms with Crippen molar-refractivity contribution in [1.82, 2.24) is 5.43 Å². The molecule has 0 bridgehead atoms. The highest BCUT2D eigenvalue weighted by molar-refractivity contribution is 9.10. The van der Waals surface area contributed by atoms with E-state index < -0.39 is 6.04 Å². The van der Waals surface area contributed by atoms with Crippen molar-refractivity contribution >= 4 is 15.9 Å². The summed E-state index contributed by atoms with van der Waals surface area (Å²) in [6.07, 6.45) is 0.0738. The number of benzene rings is 2. The Morgan fingerprint density at radius 1 is 1.19 bits per heavy atom. The first-order valence-corrected chi connectivity index (χ1v) is 7.49. The SMILES string of the molecule is CC(C)Oc1cccc(C(NN)c2c(F)cccc2Br)c1.